The summed E-state index contributed by atoms with van der Waals surface area (Å²) in [5, 5.41) is 12.9. The molecule has 300 valence electrons. The maximum absolute atomic E-state index is 3.00. The fourth-order valence-electron chi connectivity index (χ4n) is 11.1. The molecule has 0 aliphatic heterocycles. The van der Waals surface area contributed by atoms with Gasteiger partial charge >= 0.3 is 0 Å². The van der Waals surface area contributed by atoms with Crippen LogP contribution in [0.1, 0.15) is 0 Å². The second-order valence-electron chi connectivity index (χ2n) is 16.8. The molecule has 0 saturated carbocycles. The van der Waals surface area contributed by atoms with Crippen molar-refractivity contribution < 1.29 is 0 Å². The standard InChI is InChI=1S/C60H41N3Si/c1-5-22-42(23-6-1)61-52-36-18-15-32-48(52)58-53(61)37-20-38-54(58)63-55-39-21-41-57(64(43-24-7-2-8-25-43,44-26-9-3-10-27-44)45-28-11-4-12-29-45)59(55)49-33-19-40-56(60(49)63)62-50-34-16-13-30-46(50)47-31-14-17-35-51(47)62/h1-41H. The van der Waals surface area contributed by atoms with Gasteiger partial charge in [0.15, 0.2) is 8.07 Å². The number of benzene rings is 10. The molecule has 0 atom stereocenters. The Kier molecular flexibility index (Phi) is 8.23. The average Bonchev–Trinajstić information content (AvgIpc) is 4.02. The number of aromatic nitrogens is 3. The smallest absolute Gasteiger partial charge is 0.180 e. The Balaban J connectivity index is 1.26. The molecule has 0 N–H and O–H groups in total. The minimum atomic E-state index is -3.00. The first-order valence-corrected chi connectivity index (χ1v) is 24.1. The van der Waals surface area contributed by atoms with Crippen LogP contribution in [0.3, 0.4) is 0 Å². The Morgan fingerprint density at radius 1 is 0.250 bits per heavy atom. The summed E-state index contributed by atoms with van der Waals surface area (Å²) in [6.45, 7) is 0. The maximum atomic E-state index is 2.61. The van der Waals surface area contributed by atoms with Crippen LogP contribution in [0.15, 0.2) is 249 Å². The molecule has 0 unspecified atom stereocenters. The van der Waals surface area contributed by atoms with E-state index in [1.165, 1.54) is 86.2 Å². The third kappa shape index (κ3) is 5.15. The predicted molar refractivity (Wildman–Crippen MR) is 273 cm³/mol. The van der Waals surface area contributed by atoms with Gasteiger partial charge in [-0.15, -0.1) is 0 Å². The van der Waals surface area contributed by atoms with Gasteiger partial charge < -0.3 is 13.7 Å². The highest BCUT2D eigenvalue weighted by Gasteiger charge is 2.43. The third-order valence-corrected chi connectivity index (χ3v) is 18.4. The molecule has 0 fully saturated rings. The molecule has 13 aromatic rings. The molecule has 0 radical (unpaired) electrons. The first-order chi connectivity index (χ1) is 31.8. The minimum absolute atomic E-state index is 1.14. The topological polar surface area (TPSA) is 14.8 Å². The van der Waals surface area contributed by atoms with Gasteiger partial charge in [-0.1, -0.05) is 194 Å². The maximum Gasteiger partial charge on any atom is 0.180 e. The molecule has 10 aromatic carbocycles. The highest BCUT2D eigenvalue weighted by molar-refractivity contribution is 7.20. The molecule has 3 aromatic heterocycles. The zero-order chi connectivity index (χ0) is 42.2. The summed E-state index contributed by atoms with van der Waals surface area (Å²) < 4.78 is 7.54. The number of rotatable bonds is 7. The number of hydrogen-bond donors (Lipinski definition) is 0. The van der Waals surface area contributed by atoms with Crippen LogP contribution in [0.5, 0.6) is 0 Å². The molecule has 3 nitrogen and oxygen atoms in total. The van der Waals surface area contributed by atoms with Gasteiger partial charge in [0.25, 0.3) is 0 Å². The van der Waals surface area contributed by atoms with Gasteiger partial charge in [0.1, 0.15) is 0 Å². The van der Waals surface area contributed by atoms with Crippen molar-refractivity contribution in [1.82, 2.24) is 13.7 Å². The van der Waals surface area contributed by atoms with Crippen molar-refractivity contribution in [2.75, 3.05) is 0 Å². The molecular weight excluding hydrogens is 791 g/mol. The first-order valence-electron chi connectivity index (χ1n) is 22.1. The summed E-state index contributed by atoms with van der Waals surface area (Å²) in [5.74, 6) is 0. The molecule has 4 heteroatoms. The summed E-state index contributed by atoms with van der Waals surface area (Å²) >= 11 is 0. The van der Waals surface area contributed by atoms with Crippen molar-refractivity contribution in [2.24, 2.45) is 0 Å². The van der Waals surface area contributed by atoms with Crippen LogP contribution in [0.4, 0.5) is 0 Å². The van der Waals surface area contributed by atoms with E-state index >= 15 is 0 Å². The van der Waals surface area contributed by atoms with Gasteiger partial charge in [0.05, 0.1) is 44.5 Å². The van der Waals surface area contributed by atoms with E-state index in [0.717, 1.165) is 17.1 Å². The molecule has 0 spiro atoms. The fourth-order valence-corrected chi connectivity index (χ4v) is 16.1. The lowest BCUT2D eigenvalue weighted by atomic mass is 10.1. The van der Waals surface area contributed by atoms with Crippen molar-refractivity contribution in [2.45, 2.75) is 0 Å². The van der Waals surface area contributed by atoms with Gasteiger partial charge in [-0.05, 0) is 75.3 Å². The lowest BCUT2D eigenvalue weighted by molar-refractivity contribution is 1.14. The van der Waals surface area contributed by atoms with E-state index in [4.69, 9.17) is 0 Å². The molecular formula is C60H41N3Si. The van der Waals surface area contributed by atoms with Gasteiger partial charge in [-0.2, -0.15) is 0 Å². The Labute approximate surface area is 372 Å². The van der Waals surface area contributed by atoms with Crippen molar-refractivity contribution in [3.63, 3.8) is 0 Å². The normalized spacial score (nSPS) is 12.1. The van der Waals surface area contributed by atoms with Gasteiger partial charge in [-0.3, -0.25) is 0 Å². The minimum Gasteiger partial charge on any atom is -0.309 e. The van der Waals surface area contributed by atoms with Crippen LogP contribution in [0.25, 0.3) is 82.5 Å². The summed E-state index contributed by atoms with van der Waals surface area (Å²) in [6, 6.07) is 92.4. The summed E-state index contributed by atoms with van der Waals surface area (Å²) in [5.41, 5.74) is 10.5. The van der Waals surface area contributed by atoms with E-state index in [9.17, 15) is 0 Å². The summed E-state index contributed by atoms with van der Waals surface area (Å²) in [7, 11) is -3.00. The number of para-hydroxylation sites is 5. The molecule has 0 aliphatic rings. The lowest BCUT2D eigenvalue weighted by Crippen LogP contribution is -2.74. The molecule has 3 heterocycles. The van der Waals surface area contributed by atoms with Gasteiger partial charge in [-0.25, -0.2) is 0 Å². The van der Waals surface area contributed by atoms with E-state index in [1.54, 1.807) is 0 Å². The first kappa shape index (κ1) is 36.5. The third-order valence-electron chi connectivity index (χ3n) is 13.6. The zero-order valence-corrected chi connectivity index (χ0v) is 36.0. The van der Waals surface area contributed by atoms with Crippen molar-refractivity contribution >= 4 is 94.2 Å². The quantitative estimate of drug-likeness (QED) is 0.112. The molecule has 0 amide bonds. The van der Waals surface area contributed by atoms with Crippen LogP contribution in [-0.4, -0.2) is 21.8 Å². The van der Waals surface area contributed by atoms with Crippen molar-refractivity contribution in [3.05, 3.63) is 249 Å². The monoisotopic (exact) mass is 831 g/mol. The molecule has 0 aliphatic carbocycles. The van der Waals surface area contributed by atoms with Crippen LogP contribution >= 0.6 is 0 Å². The van der Waals surface area contributed by atoms with E-state index in [2.05, 4.69) is 262 Å². The van der Waals surface area contributed by atoms with Gasteiger partial charge in [0, 0.05) is 38.0 Å². The Bertz CT molecular complexity index is 3730. The predicted octanol–water partition coefficient (Wildman–Crippen LogP) is 12.4. The van der Waals surface area contributed by atoms with Crippen molar-refractivity contribution in [3.8, 4) is 17.1 Å². The van der Waals surface area contributed by atoms with E-state index in [0.29, 0.717) is 0 Å². The highest BCUT2D eigenvalue weighted by atomic mass is 28.3. The Morgan fingerprint density at radius 2 is 0.656 bits per heavy atom. The largest absolute Gasteiger partial charge is 0.309 e. The zero-order valence-electron chi connectivity index (χ0n) is 35.0. The second-order valence-corrected chi connectivity index (χ2v) is 20.6. The number of nitrogens with zero attached hydrogens (tertiary/aromatic N) is 3. The summed E-state index contributed by atoms with van der Waals surface area (Å²) in [4.78, 5) is 0. The van der Waals surface area contributed by atoms with Gasteiger partial charge in [0.2, 0.25) is 0 Å². The van der Waals surface area contributed by atoms with E-state index in [1.807, 2.05) is 0 Å². The fraction of sp³-hybridized carbons (Fsp3) is 0. The second kappa shape index (κ2) is 14.5. The van der Waals surface area contributed by atoms with Crippen LogP contribution < -0.4 is 20.7 Å². The highest BCUT2D eigenvalue weighted by Crippen LogP contribution is 2.43. The molecule has 13 rings (SSSR count). The summed E-state index contributed by atoms with van der Waals surface area (Å²) in [6.07, 6.45) is 0. The lowest BCUT2D eigenvalue weighted by Gasteiger charge is -2.35. The van der Waals surface area contributed by atoms with Crippen LogP contribution in [0.2, 0.25) is 0 Å². The Morgan fingerprint density at radius 3 is 1.23 bits per heavy atom. The van der Waals surface area contributed by atoms with Crippen molar-refractivity contribution in [1.29, 1.82) is 0 Å². The molecule has 0 saturated heterocycles. The van der Waals surface area contributed by atoms with Crippen LogP contribution in [0, 0.1) is 0 Å². The number of fused-ring (bicyclic) bond motifs is 9. The SMILES string of the molecule is c1ccc(-n2c3ccccc3c3c(-n4c5cccc([Si](c6ccccc6)(c6ccccc6)c6ccccc6)c5c5cccc(-n6c7ccccc7c7ccccc76)c54)cccc32)cc1. The van der Waals surface area contributed by atoms with Crippen LogP contribution in [-0.2, 0) is 0 Å². The number of hydrogen-bond acceptors (Lipinski definition) is 0. The van der Waals surface area contributed by atoms with E-state index in [-0.39, 0.29) is 0 Å². The molecule has 64 heavy (non-hydrogen) atoms. The molecule has 0 bridgehead atoms. The van der Waals surface area contributed by atoms with E-state index < -0.39 is 8.07 Å². The Hall–Kier alpha value is -8.18. The average molecular weight is 832 g/mol.